The maximum atomic E-state index is 12.4. The van der Waals surface area contributed by atoms with Crippen LogP contribution in [-0.4, -0.2) is 50.1 Å². The first kappa shape index (κ1) is 18.7. The lowest BCUT2D eigenvalue weighted by molar-refractivity contribution is -0.122. The monoisotopic (exact) mass is 347 g/mol. The quantitative estimate of drug-likeness (QED) is 0.873. The van der Waals surface area contributed by atoms with Crippen LogP contribution in [0.5, 0.6) is 0 Å². The molecule has 3 rings (SSSR count). The van der Waals surface area contributed by atoms with Gasteiger partial charge in [-0.2, -0.15) is 0 Å². The molecule has 1 atom stereocenters. The molecule has 4 nitrogen and oxygen atoms in total. The van der Waals surface area contributed by atoms with Crippen molar-refractivity contribution in [2.75, 3.05) is 39.3 Å². The molecule has 1 amide bonds. The smallest absolute Gasteiger partial charge is 0.227 e. The molecule has 1 aliphatic heterocycles. The van der Waals surface area contributed by atoms with E-state index >= 15 is 0 Å². The minimum atomic E-state index is -0.123. The van der Waals surface area contributed by atoms with Crippen LogP contribution < -0.4 is 10.6 Å². The van der Waals surface area contributed by atoms with Gasteiger partial charge in [-0.05, 0) is 23.3 Å². The van der Waals surface area contributed by atoms with Gasteiger partial charge in [-0.15, -0.1) is 12.4 Å². The van der Waals surface area contributed by atoms with E-state index in [1.807, 2.05) is 19.1 Å². The highest BCUT2D eigenvalue weighted by Gasteiger charge is 2.16. The lowest BCUT2D eigenvalue weighted by Gasteiger charge is -2.27. The largest absolute Gasteiger partial charge is 0.354 e. The van der Waals surface area contributed by atoms with Crippen LogP contribution in [0.3, 0.4) is 0 Å². The molecule has 0 bridgehead atoms. The van der Waals surface area contributed by atoms with Gasteiger partial charge in [0.25, 0.3) is 0 Å². The van der Waals surface area contributed by atoms with Crippen molar-refractivity contribution < 1.29 is 4.79 Å². The highest BCUT2D eigenvalue weighted by atomic mass is 35.5. The first-order chi connectivity index (χ1) is 11.2. The predicted molar refractivity (Wildman–Crippen MR) is 102 cm³/mol. The van der Waals surface area contributed by atoms with E-state index in [0.717, 1.165) is 44.8 Å². The lowest BCUT2D eigenvalue weighted by Crippen LogP contribution is -2.46. The number of carbonyl (C=O) groups is 1. The Morgan fingerprint density at radius 3 is 2.62 bits per heavy atom. The summed E-state index contributed by atoms with van der Waals surface area (Å²) in [7, 11) is 0. The second-order valence-electron chi connectivity index (χ2n) is 6.21. The summed E-state index contributed by atoms with van der Waals surface area (Å²) in [6.45, 7) is 7.84. The van der Waals surface area contributed by atoms with E-state index in [2.05, 4.69) is 45.9 Å². The number of hydrogen-bond acceptors (Lipinski definition) is 3. The third-order valence-electron chi connectivity index (χ3n) is 4.60. The van der Waals surface area contributed by atoms with Crippen LogP contribution in [0.15, 0.2) is 42.5 Å². The molecule has 1 heterocycles. The van der Waals surface area contributed by atoms with Crippen molar-refractivity contribution in [1.29, 1.82) is 0 Å². The molecule has 2 N–H and O–H groups in total. The fourth-order valence-corrected chi connectivity index (χ4v) is 3.05. The van der Waals surface area contributed by atoms with Gasteiger partial charge < -0.3 is 10.6 Å². The normalized spacial score (nSPS) is 16.4. The van der Waals surface area contributed by atoms with Crippen LogP contribution >= 0.6 is 12.4 Å². The third-order valence-corrected chi connectivity index (χ3v) is 4.60. The summed E-state index contributed by atoms with van der Waals surface area (Å²) >= 11 is 0. The molecule has 5 heteroatoms. The molecule has 2 aromatic carbocycles. The van der Waals surface area contributed by atoms with E-state index in [9.17, 15) is 4.79 Å². The van der Waals surface area contributed by atoms with Crippen molar-refractivity contribution >= 4 is 29.1 Å². The van der Waals surface area contributed by atoms with E-state index in [0.29, 0.717) is 0 Å². The summed E-state index contributed by atoms with van der Waals surface area (Å²) in [5.74, 6) is -0.0157. The number of piperazine rings is 1. The highest BCUT2D eigenvalue weighted by Crippen LogP contribution is 2.21. The Kier molecular flexibility index (Phi) is 7.03. The fourth-order valence-electron chi connectivity index (χ4n) is 3.05. The average Bonchev–Trinajstić information content (AvgIpc) is 2.61. The van der Waals surface area contributed by atoms with Gasteiger partial charge in [-0.1, -0.05) is 42.5 Å². The minimum absolute atomic E-state index is 0. The summed E-state index contributed by atoms with van der Waals surface area (Å²) in [5, 5.41) is 8.81. The Balaban J connectivity index is 0.00000208. The van der Waals surface area contributed by atoms with Crippen molar-refractivity contribution in [2.45, 2.75) is 12.8 Å². The zero-order valence-electron chi connectivity index (χ0n) is 14.1. The topological polar surface area (TPSA) is 44.4 Å². The number of benzene rings is 2. The maximum Gasteiger partial charge on any atom is 0.227 e. The van der Waals surface area contributed by atoms with Gasteiger partial charge in [-0.25, -0.2) is 0 Å². The molecule has 1 fully saturated rings. The van der Waals surface area contributed by atoms with Crippen molar-refractivity contribution in [2.24, 2.45) is 0 Å². The number of carbonyl (C=O) groups excluding carboxylic acids is 1. The van der Waals surface area contributed by atoms with E-state index in [-0.39, 0.29) is 24.2 Å². The molecule has 0 saturated carbocycles. The number of amides is 1. The summed E-state index contributed by atoms with van der Waals surface area (Å²) in [5.41, 5.74) is 1.07. The van der Waals surface area contributed by atoms with Crippen LogP contribution in [0.1, 0.15) is 18.4 Å². The molecular formula is C19H26ClN3O. The second-order valence-corrected chi connectivity index (χ2v) is 6.21. The molecule has 0 aromatic heterocycles. The predicted octanol–water partition coefficient (Wildman–Crippen LogP) is 2.39. The Morgan fingerprint density at radius 1 is 1.17 bits per heavy atom. The van der Waals surface area contributed by atoms with E-state index in [1.54, 1.807) is 0 Å². The van der Waals surface area contributed by atoms with Gasteiger partial charge in [0.05, 0.1) is 5.92 Å². The first-order valence-corrected chi connectivity index (χ1v) is 8.43. The number of hydrogen-bond donors (Lipinski definition) is 2. The number of rotatable bonds is 5. The zero-order valence-corrected chi connectivity index (χ0v) is 14.9. The minimum Gasteiger partial charge on any atom is -0.354 e. The molecule has 2 aromatic rings. The van der Waals surface area contributed by atoms with Gasteiger partial charge in [0.15, 0.2) is 0 Å². The number of halogens is 1. The maximum absolute atomic E-state index is 12.4. The molecule has 0 radical (unpaired) electrons. The van der Waals surface area contributed by atoms with Crippen LogP contribution in [0.25, 0.3) is 10.8 Å². The van der Waals surface area contributed by atoms with Gasteiger partial charge in [0, 0.05) is 39.3 Å². The van der Waals surface area contributed by atoms with Crippen molar-refractivity contribution in [1.82, 2.24) is 15.5 Å². The summed E-state index contributed by atoms with van der Waals surface area (Å²) in [6.07, 6.45) is 0. The Labute approximate surface area is 150 Å². The van der Waals surface area contributed by atoms with Gasteiger partial charge in [-0.3, -0.25) is 9.69 Å². The van der Waals surface area contributed by atoms with Crippen molar-refractivity contribution in [3.05, 3.63) is 48.0 Å². The fraction of sp³-hybridized carbons (Fsp3) is 0.421. The molecule has 1 aliphatic rings. The molecule has 24 heavy (non-hydrogen) atoms. The summed E-state index contributed by atoms with van der Waals surface area (Å²) in [4.78, 5) is 14.8. The molecule has 0 aliphatic carbocycles. The third kappa shape index (κ3) is 4.69. The van der Waals surface area contributed by atoms with Gasteiger partial charge in [0.2, 0.25) is 5.91 Å². The Bertz CT molecular complexity index is 670. The van der Waals surface area contributed by atoms with Crippen LogP contribution in [0.4, 0.5) is 0 Å². The van der Waals surface area contributed by atoms with Crippen molar-refractivity contribution in [3.8, 4) is 0 Å². The molecule has 0 spiro atoms. The Hall–Kier alpha value is -1.62. The number of nitrogens with zero attached hydrogens (tertiary/aromatic N) is 1. The molecule has 130 valence electrons. The summed E-state index contributed by atoms with van der Waals surface area (Å²) in [6, 6.07) is 14.5. The van der Waals surface area contributed by atoms with E-state index in [1.165, 1.54) is 10.8 Å². The molecule has 1 saturated heterocycles. The van der Waals surface area contributed by atoms with Crippen LogP contribution in [-0.2, 0) is 4.79 Å². The summed E-state index contributed by atoms with van der Waals surface area (Å²) < 4.78 is 0. The molecular weight excluding hydrogens is 322 g/mol. The zero-order chi connectivity index (χ0) is 16.1. The van der Waals surface area contributed by atoms with E-state index < -0.39 is 0 Å². The van der Waals surface area contributed by atoms with Gasteiger partial charge >= 0.3 is 0 Å². The highest BCUT2D eigenvalue weighted by molar-refractivity contribution is 5.87. The van der Waals surface area contributed by atoms with E-state index in [4.69, 9.17) is 0 Å². The average molecular weight is 348 g/mol. The molecule has 1 unspecified atom stereocenters. The van der Waals surface area contributed by atoms with Crippen LogP contribution in [0.2, 0.25) is 0 Å². The lowest BCUT2D eigenvalue weighted by atomic mass is 9.97. The number of nitrogens with one attached hydrogen (secondary N) is 2. The first-order valence-electron chi connectivity index (χ1n) is 8.43. The Morgan fingerprint density at radius 2 is 1.88 bits per heavy atom. The van der Waals surface area contributed by atoms with Crippen molar-refractivity contribution in [3.63, 3.8) is 0 Å². The van der Waals surface area contributed by atoms with Crippen LogP contribution in [0, 0.1) is 0 Å². The SMILES string of the molecule is CC(C(=O)NCCN1CCNCC1)c1ccc2ccccc2c1.Cl. The standard InChI is InChI=1S/C19H25N3O.ClH/c1-15(17-7-6-16-4-2-3-5-18(16)14-17)19(23)21-10-13-22-11-8-20-9-12-22;/h2-7,14-15,20H,8-13H2,1H3,(H,21,23);1H. The van der Waals surface area contributed by atoms with Gasteiger partial charge in [0.1, 0.15) is 0 Å². The number of fused-ring (bicyclic) bond motifs is 1. The second kappa shape index (κ2) is 9.02.